The van der Waals surface area contributed by atoms with Gasteiger partial charge in [0.15, 0.2) is 6.61 Å². The molecule has 1 amide bonds. The van der Waals surface area contributed by atoms with E-state index in [2.05, 4.69) is 22.2 Å². The summed E-state index contributed by atoms with van der Waals surface area (Å²) in [5.74, 6) is 0.253. The molecule has 1 atom stereocenters. The number of carbonyl (C=O) groups excluding carboxylic acids is 1. The Hall–Kier alpha value is -3.32. The second kappa shape index (κ2) is 10.8. The largest absolute Gasteiger partial charge is 0.484 e. The van der Waals surface area contributed by atoms with E-state index in [1.807, 2.05) is 31.2 Å². The first-order valence-electron chi connectivity index (χ1n) is 10.5. The number of rotatable bonds is 10. The Morgan fingerprint density at radius 3 is 2.28 bits per heavy atom. The van der Waals surface area contributed by atoms with Crippen LogP contribution < -0.4 is 14.8 Å². The maximum atomic E-state index is 12.6. The Morgan fingerprint density at radius 2 is 1.62 bits per heavy atom. The standard InChI is InChI=1S/C25H28N2O4S/c1-19-17-23(32(29,30)27-22-11-7-4-8-12-22)15-16-24(19)31-18-25(28)26-20(2)13-14-21-9-5-3-6-10-21/h3-12,15-17,20,27H,13-14,18H2,1-2H3,(H,26,28)/t20-/m1/s1. The molecule has 0 unspecified atom stereocenters. The third kappa shape index (κ3) is 6.85. The van der Waals surface area contributed by atoms with Crippen molar-refractivity contribution in [2.75, 3.05) is 11.3 Å². The van der Waals surface area contributed by atoms with Crippen molar-refractivity contribution < 1.29 is 17.9 Å². The zero-order valence-electron chi connectivity index (χ0n) is 18.2. The van der Waals surface area contributed by atoms with E-state index in [9.17, 15) is 13.2 Å². The highest BCUT2D eigenvalue weighted by Crippen LogP contribution is 2.23. The number of ether oxygens (including phenoxy) is 1. The highest BCUT2D eigenvalue weighted by molar-refractivity contribution is 7.92. The van der Waals surface area contributed by atoms with Crippen LogP contribution in [0.3, 0.4) is 0 Å². The van der Waals surface area contributed by atoms with Gasteiger partial charge in [0.25, 0.3) is 15.9 Å². The van der Waals surface area contributed by atoms with Gasteiger partial charge in [-0.2, -0.15) is 0 Å². The van der Waals surface area contributed by atoms with Crippen LogP contribution in [0, 0.1) is 6.92 Å². The summed E-state index contributed by atoms with van der Waals surface area (Å²) in [6, 6.07) is 23.4. The molecule has 0 aliphatic carbocycles. The molecule has 3 rings (SSSR count). The zero-order valence-corrected chi connectivity index (χ0v) is 19.1. The van der Waals surface area contributed by atoms with Crippen molar-refractivity contribution in [3.05, 3.63) is 90.0 Å². The van der Waals surface area contributed by atoms with Crippen molar-refractivity contribution in [1.29, 1.82) is 0 Å². The second-order valence-electron chi connectivity index (χ2n) is 7.68. The van der Waals surface area contributed by atoms with E-state index >= 15 is 0 Å². The molecule has 3 aromatic carbocycles. The number of nitrogens with one attached hydrogen (secondary N) is 2. The molecule has 0 radical (unpaired) electrons. The van der Waals surface area contributed by atoms with E-state index < -0.39 is 10.0 Å². The Kier molecular flexibility index (Phi) is 7.89. The van der Waals surface area contributed by atoms with Gasteiger partial charge >= 0.3 is 0 Å². The monoisotopic (exact) mass is 452 g/mol. The third-order valence-electron chi connectivity index (χ3n) is 4.96. The van der Waals surface area contributed by atoms with Gasteiger partial charge in [-0.25, -0.2) is 8.42 Å². The predicted molar refractivity (Wildman–Crippen MR) is 126 cm³/mol. The summed E-state index contributed by atoms with van der Waals surface area (Å²) in [5.41, 5.74) is 2.35. The summed E-state index contributed by atoms with van der Waals surface area (Å²) in [6.45, 7) is 3.58. The van der Waals surface area contributed by atoms with Crippen molar-refractivity contribution in [1.82, 2.24) is 5.32 Å². The Balaban J connectivity index is 1.51. The Bertz CT molecular complexity index is 1130. The van der Waals surface area contributed by atoms with Crippen LogP contribution >= 0.6 is 0 Å². The van der Waals surface area contributed by atoms with Crippen molar-refractivity contribution in [2.45, 2.75) is 37.6 Å². The summed E-state index contributed by atoms with van der Waals surface area (Å²) >= 11 is 0. The summed E-state index contributed by atoms with van der Waals surface area (Å²) < 4.78 is 33.4. The van der Waals surface area contributed by atoms with Gasteiger partial charge in [0.2, 0.25) is 0 Å². The molecule has 0 fully saturated rings. The van der Waals surface area contributed by atoms with E-state index in [0.717, 1.165) is 12.8 Å². The van der Waals surface area contributed by atoms with E-state index in [0.29, 0.717) is 17.0 Å². The molecule has 0 bridgehead atoms. The molecule has 0 heterocycles. The molecule has 0 aliphatic heterocycles. The van der Waals surface area contributed by atoms with Gasteiger partial charge in [-0.15, -0.1) is 0 Å². The molecule has 6 nitrogen and oxygen atoms in total. The molecule has 0 aliphatic rings. The smallest absolute Gasteiger partial charge is 0.261 e. The summed E-state index contributed by atoms with van der Waals surface area (Å²) in [4.78, 5) is 12.4. The summed E-state index contributed by atoms with van der Waals surface area (Å²) in [6.07, 6.45) is 1.71. The Morgan fingerprint density at radius 1 is 0.969 bits per heavy atom. The lowest BCUT2D eigenvalue weighted by Crippen LogP contribution is -2.36. The molecule has 3 aromatic rings. The van der Waals surface area contributed by atoms with Crippen molar-refractivity contribution in [2.24, 2.45) is 0 Å². The number of hydrogen-bond acceptors (Lipinski definition) is 4. The number of amides is 1. The van der Waals surface area contributed by atoms with Crippen LogP contribution in [0.2, 0.25) is 0 Å². The number of para-hydroxylation sites is 1. The quantitative estimate of drug-likeness (QED) is 0.480. The van der Waals surface area contributed by atoms with Crippen LogP contribution in [-0.4, -0.2) is 27.0 Å². The number of benzene rings is 3. The Labute approximate surface area is 189 Å². The van der Waals surface area contributed by atoms with E-state index in [1.165, 1.54) is 17.7 Å². The lowest BCUT2D eigenvalue weighted by Gasteiger charge is -2.15. The van der Waals surface area contributed by atoms with Crippen LogP contribution in [0.1, 0.15) is 24.5 Å². The van der Waals surface area contributed by atoms with Crippen molar-refractivity contribution in [3.8, 4) is 5.75 Å². The topological polar surface area (TPSA) is 84.5 Å². The van der Waals surface area contributed by atoms with Crippen molar-refractivity contribution >= 4 is 21.6 Å². The van der Waals surface area contributed by atoms with E-state index in [1.54, 1.807) is 37.3 Å². The summed E-state index contributed by atoms with van der Waals surface area (Å²) in [7, 11) is -3.71. The highest BCUT2D eigenvalue weighted by atomic mass is 32.2. The first-order chi connectivity index (χ1) is 15.3. The molecular weight excluding hydrogens is 424 g/mol. The molecule has 0 saturated carbocycles. The van der Waals surface area contributed by atoms with Crippen LogP contribution in [0.25, 0.3) is 0 Å². The molecule has 168 valence electrons. The SMILES string of the molecule is Cc1cc(S(=O)(=O)Nc2ccccc2)ccc1OCC(=O)N[C@H](C)CCc1ccccc1. The fraction of sp³-hybridized carbons (Fsp3) is 0.240. The maximum Gasteiger partial charge on any atom is 0.261 e. The van der Waals surface area contributed by atoms with E-state index in [4.69, 9.17) is 4.74 Å². The number of sulfonamides is 1. The molecule has 7 heteroatoms. The minimum atomic E-state index is -3.71. The number of anilines is 1. The normalized spacial score (nSPS) is 12.1. The third-order valence-corrected chi connectivity index (χ3v) is 6.34. The minimum Gasteiger partial charge on any atom is -0.484 e. The van der Waals surface area contributed by atoms with Gasteiger partial charge in [-0.05, 0) is 68.1 Å². The lowest BCUT2D eigenvalue weighted by atomic mass is 10.1. The van der Waals surface area contributed by atoms with Gasteiger partial charge in [0, 0.05) is 11.7 Å². The molecule has 0 saturated heterocycles. The fourth-order valence-corrected chi connectivity index (χ4v) is 4.37. The zero-order chi connectivity index (χ0) is 23.0. The maximum absolute atomic E-state index is 12.6. The number of aryl methyl sites for hydroxylation is 2. The average Bonchev–Trinajstić information content (AvgIpc) is 2.78. The molecule has 32 heavy (non-hydrogen) atoms. The average molecular weight is 453 g/mol. The molecular formula is C25H28N2O4S. The van der Waals surface area contributed by atoms with E-state index in [-0.39, 0.29) is 23.5 Å². The van der Waals surface area contributed by atoms with Crippen LogP contribution in [0.15, 0.2) is 83.8 Å². The summed E-state index contributed by atoms with van der Waals surface area (Å²) in [5, 5.41) is 2.93. The predicted octanol–water partition coefficient (Wildman–Crippen LogP) is 4.31. The first-order valence-corrected chi connectivity index (χ1v) is 12.0. The fourth-order valence-electron chi connectivity index (χ4n) is 3.23. The van der Waals surface area contributed by atoms with Gasteiger partial charge in [0.05, 0.1) is 4.90 Å². The van der Waals surface area contributed by atoms with Crippen LogP contribution in [0.5, 0.6) is 5.75 Å². The van der Waals surface area contributed by atoms with Gasteiger partial charge < -0.3 is 10.1 Å². The molecule has 2 N–H and O–H groups in total. The lowest BCUT2D eigenvalue weighted by molar-refractivity contribution is -0.123. The van der Waals surface area contributed by atoms with Gasteiger partial charge in [-0.1, -0.05) is 48.5 Å². The second-order valence-corrected chi connectivity index (χ2v) is 9.36. The van der Waals surface area contributed by atoms with Crippen molar-refractivity contribution in [3.63, 3.8) is 0 Å². The van der Waals surface area contributed by atoms with Gasteiger partial charge in [0.1, 0.15) is 5.75 Å². The minimum absolute atomic E-state index is 0.0176. The number of hydrogen-bond donors (Lipinski definition) is 2. The van der Waals surface area contributed by atoms with Gasteiger partial charge in [-0.3, -0.25) is 9.52 Å². The highest BCUT2D eigenvalue weighted by Gasteiger charge is 2.16. The molecule has 0 spiro atoms. The van der Waals surface area contributed by atoms with Crippen LogP contribution in [0.4, 0.5) is 5.69 Å². The van der Waals surface area contributed by atoms with Crippen LogP contribution in [-0.2, 0) is 21.2 Å². The molecule has 0 aromatic heterocycles. The first kappa shape index (κ1) is 23.3. The number of carbonyl (C=O) groups is 1.